The van der Waals surface area contributed by atoms with E-state index in [-0.39, 0.29) is 24.7 Å². The van der Waals surface area contributed by atoms with Gasteiger partial charge in [-0.1, -0.05) is 22.6 Å². The van der Waals surface area contributed by atoms with Crippen molar-refractivity contribution in [2.75, 3.05) is 11.0 Å². The molecule has 0 aromatic heterocycles. The minimum absolute atomic E-state index is 0.0460. The van der Waals surface area contributed by atoms with Gasteiger partial charge in [0.1, 0.15) is 0 Å². The zero-order chi connectivity index (χ0) is 11.3. The molecule has 15 heavy (non-hydrogen) atoms. The lowest BCUT2D eigenvalue weighted by Gasteiger charge is -2.27. The molecule has 0 radical (unpaired) electrons. The Kier molecular flexibility index (Phi) is 5.22. The summed E-state index contributed by atoms with van der Waals surface area (Å²) in [6.07, 6.45) is 1.30. The van der Waals surface area contributed by atoms with Crippen molar-refractivity contribution in [1.29, 1.82) is 0 Å². The first kappa shape index (κ1) is 13.1. The zero-order valence-corrected chi connectivity index (χ0v) is 10.7. The predicted octanol–water partition coefficient (Wildman–Crippen LogP) is 2.75. The molecule has 0 aromatic carbocycles. The van der Waals surface area contributed by atoms with Gasteiger partial charge in [-0.15, -0.1) is 0 Å². The topological polar surface area (TPSA) is 29.1 Å². The molecule has 2 nitrogen and oxygen atoms in total. The standard InChI is InChI=1S/C10H16F2INO/c11-10(12)4-2-8(3-5-10)9(15)14-7-1-6-13/h8H,1-7H2,(H,14,15). The number of alkyl halides is 3. The summed E-state index contributed by atoms with van der Waals surface area (Å²) in [5, 5.41) is 2.79. The van der Waals surface area contributed by atoms with Gasteiger partial charge >= 0.3 is 0 Å². The highest BCUT2D eigenvalue weighted by Crippen LogP contribution is 2.36. The summed E-state index contributed by atoms with van der Waals surface area (Å²) < 4.78 is 26.6. The fourth-order valence-corrected chi connectivity index (χ4v) is 2.11. The van der Waals surface area contributed by atoms with Crippen molar-refractivity contribution in [2.45, 2.75) is 38.0 Å². The van der Waals surface area contributed by atoms with Gasteiger partial charge in [-0.2, -0.15) is 0 Å². The smallest absolute Gasteiger partial charge is 0.248 e. The van der Waals surface area contributed by atoms with Crippen LogP contribution in [0.4, 0.5) is 8.78 Å². The molecule has 1 aliphatic carbocycles. The maximum atomic E-state index is 12.8. The average molecular weight is 331 g/mol. The molecule has 0 saturated heterocycles. The number of nitrogens with one attached hydrogen (secondary N) is 1. The molecule has 0 aliphatic heterocycles. The Labute approximate surface area is 102 Å². The number of hydrogen-bond acceptors (Lipinski definition) is 1. The van der Waals surface area contributed by atoms with Gasteiger partial charge in [0.2, 0.25) is 11.8 Å². The van der Waals surface area contributed by atoms with E-state index in [4.69, 9.17) is 0 Å². The van der Waals surface area contributed by atoms with Crippen LogP contribution in [0.1, 0.15) is 32.1 Å². The summed E-state index contributed by atoms with van der Waals surface area (Å²) >= 11 is 2.24. The Bertz CT molecular complexity index is 213. The normalized spacial score (nSPS) is 21.3. The minimum atomic E-state index is -2.54. The quantitative estimate of drug-likeness (QED) is 0.479. The van der Waals surface area contributed by atoms with E-state index in [0.717, 1.165) is 10.8 Å². The molecule has 1 saturated carbocycles. The molecule has 0 heterocycles. The van der Waals surface area contributed by atoms with Crippen LogP contribution < -0.4 is 5.32 Å². The number of carbonyl (C=O) groups excluding carboxylic acids is 1. The van der Waals surface area contributed by atoms with Crippen LogP contribution in [0.2, 0.25) is 0 Å². The lowest BCUT2D eigenvalue weighted by molar-refractivity contribution is -0.129. The summed E-state index contributed by atoms with van der Waals surface area (Å²) in [6.45, 7) is 0.661. The van der Waals surface area contributed by atoms with Crippen LogP contribution in [0.15, 0.2) is 0 Å². The van der Waals surface area contributed by atoms with Crippen molar-refractivity contribution in [3.05, 3.63) is 0 Å². The first-order valence-electron chi connectivity index (χ1n) is 5.27. The van der Waals surface area contributed by atoms with Crippen molar-refractivity contribution >= 4 is 28.5 Å². The van der Waals surface area contributed by atoms with Gasteiger partial charge < -0.3 is 5.32 Å². The van der Waals surface area contributed by atoms with E-state index in [1.54, 1.807) is 0 Å². The van der Waals surface area contributed by atoms with Gasteiger partial charge in [-0.05, 0) is 19.3 Å². The maximum absolute atomic E-state index is 12.8. The van der Waals surface area contributed by atoms with Crippen LogP contribution in [0.25, 0.3) is 0 Å². The van der Waals surface area contributed by atoms with Crippen LogP contribution in [0.3, 0.4) is 0 Å². The van der Waals surface area contributed by atoms with Gasteiger partial charge in [0.05, 0.1) is 0 Å². The second kappa shape index (κ2) is 5.96. The highest BCUT2D eigenvalue weighted by Gasteiger charge is 2.37. The van der Waals surface area contributed by atoms with E-state index in [0.29, 0.717) is 19.4 Å². The average Bonchev–Trinajstić information content (AvgIpc) is 2.18. The molecule has 0 unspecified atom stereocenters. The Morgan fingerprint density at radius 2 is 2.00 bits per heavy atom. The molecule has 0 aromatic rings. The third-order valence-corrected chi connectivity index (χ3v) is 3.46. The molecule has 1 rings (SSSR count). The molecule has 88 valence electrons. The number of amides is 1. The summed E-state index contributed by atoms with van der Waals surface area (Å²) in [6, 6.07) is 0. The lowest BCUT2D eigenvalue weighted by Crippen LogP contribution is -2.36. The largest absolute Gasteiger partial charge is 0.356 e. The van der Waals surface area contributed by atoms with E-state index < -0.39 is 5.92 Å². The van der Waals surface area contributed by atoms with E-state index in [2.05, 4.69) is 27.9 Å². The predicted molar refractivity (Wildman–Crippen MR) is 63.4 cm³/mol. The van der Waals surface area contributed by atoms with Gasteiger partial charge in [-0.25, -0.2) is 8.78 Å². The van der Waals surface area contributed by atoms with E-state index in [1.807, 2.05) is 0 Å². The molecule has 1 aliphatic rings. The third kappa shape index (κ3) is 4.61. The minimum Gasteiger partial charge on any atom is -0.356 e. The van der Waals surface area contributed by atoms with Crippen molar-refractivity contribution in [3.8, 4) is 0 Å². The molecule has 0 atom stereocenters. The Morgan fingerprint density at radius 1 is 1.40 bits per heavy atom. The first-order chi connectivity index (χ1) is 7.05. The van der Waals surface area contributed by atoms with Crippen molar-refractivity contribution in [1.82, 2.24) is 5.32 Å². The molecule has 5 heteroatoms. The zero-order valence-electron chi connectivity index (χ0n) is 8.57. The van der Waals surface area contributed by atoms with Crippen LogP contribution in [-0.4, -0.2) is 22.8 Å². The molecular formula is C10H16F2INO. The summed E-state index contributed by atoms with van der Waals surface area (Å²) in [7, 11) is 0. The van der Waals surface area contributed by atoms with E-state index >= 15 is 0 Å². The van der Waals surface area contributed by atoms with Gasteiger partial charge in [0.15, 0.2) is 0 Å². The maximum Gasteiger partial charge on any atom is 0.248 e. The highest BCUT2D eigenvalue weighted by molar-refractivity contribution is 14.1. The van der Waals surface area contributed by atoms with E-state index in [9.17, 15) is 13.6 Å². The van der Waals surface area contributed by atoms with E-state index in [1.165, 1.54) is 0 Å². The fourth-order valence-electron chi connectivity index (χ4n) is 1.73. The summed E-state index contributed by atoms with van der Waals surface area (Å²) in [5.41, 5.74) is 0. The second-order valence-electron chi connectivity index (χ2n) is 3.96. The highest BCUT2D eigenvalue weighted by atomic mass is 127. The number of halogens is 3. The number of hydrogen-bond donors (Lipinski definition) is 1. The third-order valence-electron chi connectivity index (χ3n) is 2.70. The Balaban J connectivity index is 2.24. The molecule has 0 spiro atoms. The van der Waals surface area contributed by atoms with Crippen molar-refractivity contribution in [2.24, 2.45) is 5.92 Å². The van der Waals surface area contributed by atoms with Crippen molar-refractivity contribution < 1.29 is 13.6 Å². The molecule has 1 fully saturated rings. The summed E-state index contributed by atoms with van der Waals surface area (Å²) in [4.78, 5) is 11.5. The molecule has 1 N–H and O–H groups in total. The fraction of sp³-hybridized carbons (Fsp3) is 0.900. The van der Waals surface area contributed by atoms with Crippen LogP contribution in [0.5, 0.6) is 0 Å². The molecule has 1 amide bonds. The van der Waals surface area contributed by atoms with Crippen molar-refractivity contribution in [3.63, 3.8) is 0 Å². The Morgan fingerprint density at radius 3 is 2.53 bits per heavy atom. The Hall–Kier alpha value is 0.0600. The first-order valence-corrected chi connectivity index (χ1v) is 6.79. The van der Waals surface area contributed by atoms with Crippen LogP contribution in [0, 0.1) is 5.92 Å². The van der Waals surface area contributed by atoms with Gasteiger partial charge in [0, 0.05) is 29.7 Å². The van der Waals surface area contributed by atoms with Crippen LogP contribution in [-0.2, 0) is 4.79 Å². The SMILES string of the molecule is O=C(NCCCI)C1CCC(F)(F)CC1. The van der Waals surface area contributed by atoms with Gasteiger partial charge in [0.25, 0.3) is 0 Å². The number of carbonyl (C=O) groups is 1. The monoisotopic (exact) mass is 331 g/mol. The second-order valence-corrected chi connectivity index (χ2v) is 5.04. The molecular weight excluding hydrogens is 315 g/mol. The lowest BCUT2D eigenvalue weighted by atomic mass is 9.86. The summed E-state index contributed by atoms with van der Waals surface area (Å²) in [5.74, 6) is -2.78. The van der Waals surface area contributed by atoms with Crippen LogP contribution >= 0.6 is 22.6 Å². The number of rotatable bonds is 4. The molecule has 0 bridgehead atoms. The van der Waals surface area contributed by atoms with Gasteiger partial charge in [-0.3, -0.25) is 4.79 Å².